The molecule has 0 saturated heterocycles. The van der Waals surface area contributed by atoms with E-state index in [9.17, 15) is 8.78 Å². The molecule has 0 unspecified atom stereocenters. The summed E-state index contributed by atoms with van der Waals surface area (Å²) in [6.45, 7) is 0. The first-order valence-electron chi connectivity index (χ1n) is 3.55. The third kappa shape index (κ3) is 2.12. The van der Waals surface area contributed by atoms with Crippen LogP contribution in [0.1, 0.15) is 17.7 Å². The largest absolute Gasteiger partial charge is 0.383 e. The number of pyridine rings is 1. The molecule has 0 spiro atoms. The molecule has 1 aromatic rings. The maximum Gasteiger partial charge on any atom is 0.267 e. The van der Waals surface area contributed by atoms with Gasteiger partial charge in [-0.25, -0.2) is 13.8 Å². The van der Waals surface area contributed by atoms with Crippen molar-refractivity contribution in [3.05, 3.63) is 23.4 Å². The Kier molecular flexibility index (Phi) is 2.75. The molecule has 1 heterocycles. The summed E-state index contributed by atoms with van der Waals surface area (Å²) in [4.78, 5) is 3.66. The van der Waals surface area contributed by atoms with E-state index < -0.39 is 6.43 Å². The number of alkyl halides is 2. The van der Waals surface area contributed by atoms with Crippen LogP contribution in [0.3, 0.4) is 0 Å². The molecule has 1 aromatic heterocycles. The topological polar surface area (TPSA) is 62.7 Å². The number of halogens is 2. The van der Waals surface area contributed by atoms with Crippen LogP contribution >= 0.6 is 0 Å². The molecule has 0 saturated carbocycles. The van der Waals surface area contributed by atoms with Crippen molar-refractivity contribution in [2.45, 2.75) is 12.8 Å². The molecule has 0 amide bonds. The van der Waals surface area contributed by atoms with Crippen LogP contribution in [-0.2, 0) is 6.42 Å². The Bertz CT molecular complexity index is 344. The van der Waals surface area contributed by atoms with Crippen molar-refractivity contribution >= 4 is 5.82 Å². The molecule has 3 nitrogen and oxygen atoms in total. The van der Waals surface area contributed by atoms with Gasteiger partial charge < -0.3 is 5.73 Å². The summed E-state index contributed by atoms with van der Waals surface area (Å²) in [5.41, 5.74) is 5.37. The fourth-order valence-corrected chi connectivity index (χ4v) is 0.892. The van der Waals surface area contributed by atoms with E-state index in [0.717, 1.165) is 0 Å². The summed E-state index contributed by atoms with van der Waals surface area (Å²) >= 11 is 0. The van der Waals surface area contributed by atoms with Gasteiger partial charge in [0.15, 0.2) is 0 Å². The van der Waals surface area contributed by atoms with Gasteiger partial charge in [-0.3, -0.25) is 0 Å². The Morgan fingerprint density at radius 3 is 2.69 bits per heavy atom. The second-order valence-corrected chi connectivity index (χ2v) is 2.41. The monoisotopic (exact) mass is 183 g/mol. The van der Waals surface area contributed by atoms with E-state index >= 15 is 0 Å². The number of anilines is 1. The smallest absolute Gasteiger partial charge is 0.267 e. The minimum atomic E-state index is -2.62. The van der Waals surface area contributed by atoms with Gasteiger partial charge in [0.05, 0.1) is 23.7 Å². The maximum atomic E-state index is 12.2. The standard InChI is InChI=1S/C8H7F2N3/c9-7(10)6-2-1-5(3-4-11)13-8(6)12/h1-2,7H,3H2,(H2,12,13). The SMILES string of the molecule is N#CCc1ccc(C(F)F)c(N)n1. The summed E-state index contributed by atoms with van der Waals surface area (Å²) in [6.07, 6.45) is -2.54. The zero-order valence-corrected chi connectivity index (χ0v) is 6.67. The maximum absolute atomic E-state index is 12.2. The molecule has 0 aliphatic rings. The van der Waals surface area contributed by atoms with Gasteiger partial charge >= 0.3 is 0 Å². The van der Waals surface area contributed by atoms with Crippen LogP contribution in [0.5, 0.6) is 0 Å². The number of nitrogen functional groups attached to an aromatic ring is 1. The van der Waals surface area contributed by atoms with Gasteiger partial charge in [-0.2, -0.15) is 5.26 Å². The van der Waals surface area contributed by atoms with Gasteiger partial charge in [-0.1, -0.05) is 0 Å². The first kappa shape index (κ1) is 9.39. The molecular formula is C8H7F2N3. The van der Waals surface area contributed by atoms with E-state index in [1.165, 1.54) is 12.1 Å². The third-order valence-electron chi connectivity index (χ3n) is 1.51. The number of rotatable bonds is 2. The predicted molar refractivity (Wildman–Crippen MR) is 42.9 cm³/mol. The number of hydrogen-bond donors (Lipinski definition) is 1. The van der Waals surface area contributed by atoms with E-state index in [2.05, 4.69) is 4.98 Å². The van der Waals surface area contributed by atoms with Crippen molar-refractivity contribution in [1.29, 1.82) is 5.26 Å². The molecule has 0 aromatic carbocycles. The zero-order chi connectivity index (χ0) is 9.84. The molecule has 0 aliphatic carbocycles. The van der Waals surface area contributed by atoms with Gasteiger partial charge in [0.2, 0.25) is 0 Å². The molecule has 1 rings (SSSR count). The molecule has 68 valence electrons. The number of nitrogens with zero attached hydrogens (tertiary/aromatic N) is 2. The van der Waals surface area contributed by atoms with E-state index in [1.807, 2.05) is 6.07 Å². The lowest BCUT2D eigenvalue weighted by Gasteiger charge is -2.03. The molecular weight excluding hydrogens is 176 g/mol. The summed E-state index contributed by atoms with van der Waals surface area (Å²) in [5.74, 6) is -0.206. The van der Waals surface area contributed by atoms with Crippen molar-refractivity contribution in [1.82, 2.24) is 4.98 Å². The number of nitrogens with two attached hydrogens (primary N) is 1. The van der Waals surface area contributed by atoms with Crippen molar-refractivity contribution in [3.8, 4) is 6.07 Å². The molecule has 13 heavy (non-hydrogen) atoms. The zero-order valence-electron chi connectivity index (χ0n) is 6.67. The second kappa shape index (κ2) is 3.81. The van der Waals surface area contributed by atoms with Crippen molar-refractivity contribution in [3.63, 3.8) is 0 Å². The number of hydrogen-bond acceptors (Lipinski definition) is 3. The van der Waals surface area contributed by atoms with E-state index in [0.29, 0.717) is 5.69 Å². The van der Waals surface area contributed by atoms with Crippen LogP contribution in [0.25, 0.3) is 0 Å². The van der Waals surface area contributed by atoms with Crippen molar-refractivity contribution in [2.75, 3.05) is 5.73 Å². The molecule has 0 radical (unpaired) electrons. The Morgan fingerprint density at radius 1 is 1.54 bits per heavy atom. The Labute approximate surface area is 73.8 Å². The van der Waals surface area contributed by atoms with Crippen LogP contribution in [0.15, 0.2) is 12.1 Å². The van der Waals surface area contributed by atoms with Gasteiger partial charge in [0.25, 0.3) is 6.43 Å². The molecule has 0 aliphatic heterocycles. The third-order valence-corrected chi connectivity index (χ3v) is 1.51. The van der Waals surface area contributed by atoms with Crippen LogP contribution in [0, 0.1) is 11.3 Å². The lowest BCUT2D eigenvalue weighted by molar-refractivity contribution is 0.152. The van der Waals surface area contributed by atoms with Gasteiger partial charge in [0.1, 0.15) is 5.82 Å². The Hall–Kier alpha value is -1.70. The minimum Gasteiger partial charge on any atom is -0.383 e. The lowest BCUT2D eigenvalue weighted by atomic mass is 10.2. The highest BCUT2D eigenvalue weighted by Crippen LogP contribution is 2.23. The summed E-state index contributed by atoms with van der Waals surface area (Å²) in [7, 11) is 0. The molecule has 2 N–H and O–H groups in total. The van der Waals surface area contributed by atoms with E-state index in [-0.39, 0.29) is 17.8 Å². The highest BCUT2D eigenvalue weighted by molar-refractivity contribution is 5.41. The van der Waals surface area contributed by atoms with E-state index in [1.54, 1.807) is 0 Å². The van der Waals surface area contributed by atoms with E-state index in [4.69, 9.17) is 11.0 Å². The molecule has 5 heteroatoms. The summed E-state index contributed by atoms with van der Waals surface area (Å²) in [5, 5.41) is 8.31. The second-order valence-electron chi connectivity index (χ2n) is 2.41. The average Bonchev–Trinajstić information content (AvgIpc) is 2.04. The molecule has 0 bridgehead atoms. The summed E-state index contributed by atoms with van der Waals surface area (Å²) in [6, 6.07) is 4.42. The highest BCUT2D eigenvalue weighted by atomic mass is 19.3. The molecule has 0 fully saturated rings. The van der Waals surface area contributed by atoms with Crippen molar-refractivity contribution in [2.24, 2.45) is 0 Å². The Morgan fingerprint density at radius 2 is 2.23 bits per heavy atom. The highest BCUT2D eigenvalue weighted by Gasteiger charge is 2.12. The first-order valence-corrected chi connectivity index (χ1v) is 3.55. The number of aromatic nitrogens is 1. The lowest BCUT2D eigenvalue weighted by Crippen LogP contribution is -2.00. The number of nitriles is 1. The van der Waals surface area contributed by atoms with Gasteiger partial charge in [-0.15, -0.1) is 0 Å². The van der Waals surface area contributed by atoms with Crippen LogP contribution in [-0.4, -0.2) is 4.98 Å². The van der Waals surface area contributed by atoms with Crippen LogP contribution < -0.4 is 5.73 Å². The summed E-state index contributed by atoms with van der Waals surface area (Å²) < 4.78 is 24.3. The predicted octanol–water partition coefficient (Wildman–Crippen LogP) is 1.67. The van der Waals surface area contributed by atoms with Gasteiger partial charge in [0, 0.05) is 0 Å². The quantitative estimate of drug-likeness (QED) is 0.758. The van der Waals surface area contributed by atoms with Gasteiger partial charge in [-0.05, 0) is 12.1 Å². The fraction of sp³-hybridized carbons (Fsp3) is 0.250. The average molecular weight is 183 g/mol. The fourth-order valence-electron chi connectivity index (χ4n) is 0.892. The molecule has 0 atom stereocenters. The minimum absolute atomic E-state index is 0.0771. The normalized spacial score (nSPS) is 10.0. The Balaban J connectivity index is 3.00. The van der Waals surface area contributed by atoms with Crippen molar-refractivity contribution < 1.29 is 8.78 Å². The van der Waals surface area contributed by atoms with Crippen LogP contribution in [0.4, 0.5) is 14.6 Å². The first-order chi connectivity index (χ1) is 6.15. The van der Waals surface area contributed by atoms with Crippen LogP contribution in [0.2, 0.25) is 0 Å².